The lowest BCUT2D eigenvalue weighted by molar-refractivity contribution is 0.0485. The molecule has 3 atom stereocenters. The zero-order valence-corrected chi connectivity index (χ0v) is 22.4. The standard InChI is InChI=1S/C28H35N5O4/c1-7-19-18(9-8-12-29-19)25-30-20-13-17(14-22(36-6)24(20)32(25)5)26(34)33-15-16-10-11-21(33)23(16)31-27(35)37-28(2,3)4/h8-9,12-14,16,21,23H,7,10-11,15H2,1-6H3,(H,31,35)/t16-,21-,23-/m1/s1. The fourth-order valence-electron chi connectivity index (χ4n) is 5.81. The number of rotatable bonds is 5. The minimum atomic E-state index is -0.571. The van der Waals surface area contributed by atoms with Crippen LogP contribution >= 0.6 is 0 Å². The Kier molecular flexibility index (Phi) is 6.33. The Morgan fingerprint density at radius 2 is 2.00 bits per heavy atom. The summed E-state index contributed by atoms with van der Waals surface area (Å²) in [5.74, 6) is 1.51. The van der Waals surface area contributed by atoms with Crippen molar-refractivity contribution in [1.29, 1.82) is 0 Å². The van der Waals surface area contributed by atoms with Crippen LogP contribution in [-0.4, -0.2) is 62.8 Å². The van der Waals surface area contributed by atoms with Crippen LogP contribution in [0.4, 0.5) is 4.79 Å². The van der Waals surface area contributed by atoms with E-state index in [1.54, 1.807) is 19.4 Å². The third-order valence-electron chi connectivity index (χ3n) is 7.40. The second kappa shape index (κ2) is 9.36. The molecule has 1 aromatic carbocycles. The molecule has 2 fully saturated rings. The zero-order chi connectivity index (χ0) is 26.5. The molecule has 3 heterocycles. The van der Waals surface area contributed by atoms with Crippen molar-refractivity contribution < 1.29 is 19.1 Å². The van der Waals surface area contributed by atoms with Gasteiger partial charge in [0.2, 0.25) is 0 Å². The van der Waals surface area contributed by atoms with E-state index in [0.29, 0.717) is 23.4 Å². The average Bonchev–Trinajstić information content (AvgIpc) is 3.52. The summed E-state index contributed by atoms with van der Waals surface area (Å²) < 4.78 is 13.2. The molecule has 2 aromatic heterocycles. The first-order chi connectivity index (χ1) is 17.6. The molecule has 37 heavy (non-hydrogen) atoms. The predicted octanol–water partition coefficient (Wildman–Crippen LogP) is 4.33. The molecular weight excluding hydrogens is 470 g/mol. The summed E-state index contributed by atoms with van der Waals surface area (Å²) in [5.41, 5.74) is 3.41. The Morgan fingerprint density at radius 1 is 1.22 bits per heavy atom. The summed E-state index contributed by atoms with van der Waals surface area (Å²) in [6.07, 6.45) is 3.97. The van der Waals surface area contributed by atoms with Crippen LogP contribution in [0.5, 0.6) is 5.75 Å². The first kappa shape index (κ1) is 25.0. The first-order valence-electron chi connectivity index (χ1n) is 12.9. The van der Waals surface area contributed by atoms with Crippen molar-refractivity contribution >= 4 is 23.0 Å². The number of fused-ring (bicyclic) bond motifs is 3. The summed E-state index contributed by atoms with van der Waals surface area (Å²) in [5, 5.41) is 3.02. The second-order valence-electron chi connectivity index (χ2n) is 10.9. The summed E-state index contributed by atoms with van der Waals surface area (Å²) in [7, 11) is 3.56. The number of alkyl carbamates (subject to hydrolysis) is 1. The number of aryl methyl sites for hydroxylation is 2. The van der Waals surface area contributed by atoms with Crippen LogP contribution < -0.4 is 10.1 Å². The number of likely N-dealkylation sites (tertiary alicyclic amines) is 1. The van der Waals surface area contributed by atoms with Crippen molar-refractivity contribution in [3.8, 4) is 17.1 Å². The van der Waals surface area contributed by atoms with Crippen molar-refractivity contribution in [3.05, 3.63) is 41.7 Å². The monoisotopic (exact) mass is 505 g/mol. The van der Waals surface area contributed by atoms with Gasteiger partial charge in [-0.15, -0.1) is 0 Å². The summed E-state index contributed by atoms with van der Waals surface area (Å²) in [4.78, 5) is 37.5. The number of piperidine rings is 1. The summed E-state index contributed by atoms with van der Waals surface area (Å²) in [6, 6.07) is 7.39. The van der Waals surface area contributed by atoms with Gasteiger partial charge in [0, 0.05) is 30.9 Å². The van der Waals surface area contributed by atoms with Gasteiger partial charge in [-0.05, 0) is 70.2 Å². The van der Waals surface area contributed by atoms with E-state index in [1.807, 2.05) is 55.5 Å². The number of aromatic nitrogens is 3. The van der Waals surface area contributed by atoms with E-state index in [9.17, 15) is 9.59 Å². The van der Waals surface area contributed by atoms with Gasteiger partial charge in [0.05, 0.1) is 30.4 Å². The highest BCUT2D eigenvalue weighted by molar-refractivity contribution is 6.00. The maximum atomic E-state index is 13.8. The van der Waals surface area contributed by atoms with Crippen LogP contribution in [0.15, 0.2) is 30.5 Å². The largest absolute Gasteiger partial charge is 0.494 e. The molecule has 2 aliphatic rings. The minimum absolute atomic E-state index is 0.0616. The lowest BCUT2D eigenvalue weighted by atomic mass is 10.1. The molecule has 1 saturated heterocycles. The van der Waals surface area contributed by atoms with E-state index < -0.39 is 11.7 Å². The Bertz CT molecular complexity index is 1360. The fourth-order valence-corrected chi connectivity index (χ4v) is 5.81. The first-order valence-corrected chi connectivity index (χ1v) is 12.9. The van der Waals surface area contributed by atoms with Crippen LogP contribution in [0.3, 0.4) is 0 Å². The van der Waals surface area contributed by atoms with Gasteiger partial charge in [-0.3, -0.25) is 9.78 Å². The number of benzene rings is 1. The molecule has 2 amide bonds. The molecule has 0 spiro atoms. The van der Waals surface area contributed by atoms with E-state index in [0.717, 1.165) is 41.9 Å². The molecule has 196 valence electrons. The molecule has 0 radical (unpaired) electrons. The van der Waals surface area contributed by atoms with Gasteiger partial charge in [0.1, 0.15) is 22.7 Å². The molecule has 1 aliphatic carbocycles. The van der Waals surface area contributed by atoms with Gasteiger partial charge in [-0.2, -0.15) is 0 Å². The van der Waals surface area contributed by atoms with E-state index in [-0.39, 0.29) is 23.9 Å². The number of hydrogen-bond acceptors (Lipinski definition) is 6. The Hall–Kier alpha value is -3.62. The number of nitrogens with one attached hydrogen (secondary N) is 1. The SMILES string of the molecule is CCc1ncccc1-c1nc2cc(C(=O)N3C[C@H]4CC[C@@H]3[C@@H]4NC(=O)OC(C)(C)C)cc(OC)c2n1C. The molecule has 2 bridgehead atoms. The minimum Gasteiger partial charge on any atom is -0.494 e. The fraction of sp³-hybridized carbons (Fsp3) is 0.500. The molecule has 1 aliphatic heterocycles. The lowest BCUT2D eigenvalue weighted by Crippen LogP contribution is -2.46. The van der Waals surface area contributed by atoms with Crippen molar-refractivity contribution in [2.24, 2.45) is 13.0 Å². The highest BCUT2D eigenvalue weighted by Gasteiger charge is 2.49. The van der Waals surface area contributed by atoms with Crippen molar-refractivity contribution in [1.82, 2.24) is 24.8 Å². The number of imidazole rings is 1. The maximum absolute atomic E-state index is 13.8. The van der Waals surface area contributed by atoms with Crippen LogP contribution in [0.2, 0.25) is 0 Å². The van der Waals surface area contributed by atoms with Gasteiger partial charge in [0.25, 0.3) is 5.91 Å². The lowest BCUT2D eigenvalue weighted by Gasteiger charge is -2.28. The number of carbonyl (C=O) groups is 2. The number of nitrogens with zero attached hydrogens (tertiary/aromatic N) is 4. The van der Waals surface area contributed by atoms with E-state index in [4.69, 9.17) is 14.5 Å². The molecule has 0 unspecified atom stereocenters. The normalized spacial score (nSPS) is 20.9. The molecule has 1 N–H and O–H groups in total. The van der Waals surface area contributed by atoms with Gasteiger partial charge in [-0.25, -0.2) is 9.78 Å². The van der Waals surface area contributed by atoms with Gasteiger partial charge in [-0.1, -0.05) is 6.92 Å². The smallest absolute Gasteiger partial charge is 0.407 e. The highest BCUT2D eigenvalue weighted by atomic mass is 16.6. The van der Waals surface area contributed by atoms with Crippen molar-refractivity contribution in [2.75, 3.05) is 13.7 Å². The Balaban J connectivity index is 1.45. The Morgan fingerprint density at radius 3 is 2.70 bits per heavy atom. The van der Waals surface area contributed by atoms with Gasteiger partial charge >= 0.3 is 6.09 Å². The Labute approximate surface area is 217 Å². The molecular formula is C28H35N5O4. The molecule has 1 saturated carbocycles. The second-order valence-corrected chi connectivity index (χ2v) is 10.9. The molecule has 9 nitrogen and oxygen atoms in total. The summed E-state index contributed by atoms with van der Waals surface area (Å²) >= 11 is 0. The molecule has 5 rings (SSSR count). The van der Waals surface area contributed by atoms with Crippen LogP contribution in [0.25, 0.3) is 22.4 Å². The van der Waals surface area contributed by atoms with E-state index in [1.165, 1.54) is 0 Å². The van der Waals surface area contributed by atoms with E-state index in [2.05, 4.69) is 17.2 Å². The van der Waals surface area contributed by atoms with Gasteiger partial charge in [0.15, 0.2) is 0 Å². The molecule has 9 heteroatoms. The third kappa shape index (κ3) is 4.51. The van der Waals surface area contributed by atoms with Crippen molar-refractivity contribution in [3.63, 3.8) is 0 Å². The number of hydrogen-bond donors (Lipinski definition) is 1. The van der Waals surface area contributed by atoms with Crippen LogP contribution in [0, 0.1) is 5.92 Å². The maximum Gasteiger partial charge on any atom is 0.407 e. The van der Waals surface area contributed by atoms with Crippen LogP contribution in [-0.2, 0) is 18.2 Å². The van der Waals surface area contributed by atoms with Crippen LogP contribution in [0.1, 0.15) is 56.6 Å². The number of methoxy groups -OCH3 is 1. The van der Waals surface area contributed by atoms with Gasteiger partial charge < -0.3 is 24.3 Å². The van der Waals surface area contributed by atoms with Crippen molar-refractivity contribution in [2.45, 2.75) is 64.6 Å². The average molecular weight is 506 g/mol. The number of amides is 2. The quantitative estimate of drug-likeness (QED) is 0.554. The number of carbonyl (C=O) groups excluding carboxylic acids is 2. The summed E-state index contributed by atoms with van der Waals surface area (Å²) in [6.45, 7) is 8.20. The zero-order valence-electron chi connectivity index (χ0n) is 22.4. The highest BCUT2D eigenvalue weighted by Crippen LogP contribution is 2.40. The number of pyridine rings is 1. The third-order valence-corrected chi connectivity index (χ3v) is 7.40. The predicted molar refractivity (Wildman–Crippen MR) is 141 cm³/mol. The molecule has 3 aromatic rings. The number of ether oxygens (including phenoxy) is 2. The van der Waals surface area contributed by atoms with E-state index >= 15 is 0 Å². The topological polar surface area (TPSA) is 98.6 Å².